The van der Waals surface area contributed by atoms with Gasteiger partial charge in [0.2, 0.25) is 0 Å². The molecule has 1 aliphatic rings. The van der Waals surface area contributed by atoms with Gasteiger partial charge in [-0.3, -0.25) is 9.78 Å². The van der Waals surface area contributed by atoms with E-state index in [-0.39, 0.29) is 12.2 Å². The van der Waals surface area contributed by atoms with Crippen LogP contribution in [0.2, 0.25) is 0 Å². The summed E-state index contributed by atoms with van der Waals surface area (Å²) in [7, 11) is 2.16. The van der Waals surface area contributed by atoms with Gasteiger partial charge in [0.05, 0.1) is 11.1 Å². The topological polar surface area (TPSA) is 83.1 Å². The second-order valence-electron chi connectivity index (χ2n) is 9.31. The zero-order valence-electron chi connectivity index (χ0n) is 20.0. The molecule has 7 heteroatoms. The van der Waals surface area contributed by atoms with Crippen molar-refractivity contribution >= 4 is 10.9 Å². The third kappa shape index (κ3) is 5.93. The van der Waals surface area contributed by atoms with Crippen LogP contribution in [0.15, 0.2) is 71.7 Å². The summed E-state index contributed by atoms with van der Waals surface area (Å²) >= 11 is 0. The Kier molecular flexibility index (Phi) is 7.16. The maximum absolute atomic E-state index is 12.7. The molecule has 5 rings (SSSR count). The number of pyridine rings is 1. The van der Waals surface area contributed by atoms with Crippen LogP contribution in [0.25, 0.3) is 10.9 Å². The van der Waals surface area contributed by atoms with Crippen LogP contribution in [0.3, 0.4) is 0 Å². The molecule has 0 aliphatic carbocycles. The zero-order valence-corrected chi connectivity index (χ0v) is 20.0. The second kappa shape index (κ2) is 10.8. The van der Waals surface area contributed by atoms with E-state index in [2.05, 4.69) is 63.6 Å². The van der Waals surface area contributed by atoms with E-state index in [9.17, 15) is 4.79 Å². The molecule has 2 aromatic heterocycles. The van der Waals surface area contributed by atoms with Gasteiger partial charge >= 0.3 is 0 Å². The molecule has 7 nitrogen and oxygen atoms in total. The maximum Gasteiger partial charge on any atom is 0.258 e. The Balaban J connectivity index is 1.23. The van der Waals surface area contributed by atoms with Gasteiger partial charge in [-0.1, -0.05) is 42.5 Å². The summed E-state index contributed by atoms with van der Waals surface area (Å²) in [5.74, 6) is 1.87. The first-order valence-electron chi connectivity index (χ1n) is 12.2. The third-order valence-corrected chi connectivity index (χ3v) is 6.51. The van der Waals surface area contributed by atoms with Gasteiger partial charge in [-0.05, 0) is 68.2 Å². The van der Waals surface area contributed by atoms with Crippen LogP contribution in [0.5, 0.6) is 5.75 Å². The minimum absolute atomic E-state index is 0.173. The molecule has 1 aliphatic heterocycles. The number of H-pyrrole nitrogens is 1. The van der Waals surface area contributed by atoms with Crippen LogP contribution < -0.4 is 15.6 Å². The van der Waals surface area contributed by atoms with Gasteiger partial charge in [0, 0.05) is 19.3 Å². The molecule has 1 unspecified atom stereocenters. The average Bonchev–Trinajstić information content (AvgIpc) is 3.29. The molecule has 1 fully saturated rings. The van der Waals surface area contributed by atoms with Crippen molar-refractivity contribution in [2.45, 2.75) is 26.0 Å². The van der Waals surface area contributed by atoms with Crippen molar-refractivity contribution in [1.82, 2.24) is 25.2 Å². The van der Waals surface area contributed by atoms with Crippen molar-refractivity contribution < 1.29 is 4.74 Å². The number of nitrogens with zero attached hydrogens (tertiary/aromatic N) is 3. The largest absolute Gasteiger partial charge is 0.486 e. The molecule has 35 heavy (non-hydrogen) atoms. The van der Waals surface area contributed by atoms with Gasteiger partial charge in [-0.15, -0.1) is 0 Å². The highest BCUT2D eigenvalue weighted by Gasteiger charge is 2.19. The molecule has 0 amide bonds. The lowest BCUT2D eigenvalue weighted by Crippen LogP contribution is -2.25. The molecule has 2 N–H and O–H groups in total. The first kappa shape index (κ1) is 23.2. The lowest BCUT2D eigenvalue weighted by Gasteiger charge is -2.12. The normalized spacial score (nSPS) is 16.1. The second-order valence-corrected chi connectivity index (χ2v) is 9.31. The molecule has 1 saturated heterocycles. The summed E-state index contributed by atoms with van der Waals surface area (Å²) in [6.45, 7) is 3.95. The van der Waals surface area contributed by atoms with Gasteiger partial charge in [0.25, 0.3) is 5.56 Å². The van der Waals surface area contributed by atoms with Crippen LogP contribution in [0.1, 0.15) is 29.1 Å². The van der Waals surface area contributed by atoms with Gasteiger partial charge < -0.3 is 19.9 Å². The quantitative estimate of drug-likeness (QED) is 0.390. The standard InChI is InChI=1S/C28H31N5O2/c1-33-14-12-22(18-33)16-29-17-25-27-24(11-13-30-25)28(34)32-26(31-27)19-35-23-9-7-21(8-10-23)15-20-5-3-2-4-6-20/h2-11,13,22,29H,12,14-19H2,1H3,(H,31,32,34). The van der Waals surface area contributed by atoms with Crippen molar-refractivity contribution in [2.24, 2.45) is 5.92 Å². The van der Waals surface area contributed by atoms with E-state index in [1.807, 2.05) is 18.2 Å². The number of likely N-dealkylation sites (tertiary alicyclic amines) is 1. The van der Waals surface area contributed by atoms with E-state index in [1.165, 1.54) is 17.5 Å². The highest BCUT2D eigenvalue weighted by Crippen LogP contribution is 2.17. The van der Waals surface area contributed by atoms with Gasteiger partial charge in [-0.25, -0.2) is 4.98 Å². The summed E-state index contributed by atoms with van der Waals surface area (Å²) < 4.78 is 5.93. The van der Waals surface area contributed by atoms with E-state index in [4.69, 9.17) is 9.72 Å². The number of aromatic nitrogens is 3. The molecule has 0 radical (unpaired) electrons. The Morgan fingerprint density at radius 1 is 1.09 bits per heavy atom. The van der Waals surface area contributed by atoms with Crippen molar-refractivity contribution in [1.29, 1.82) is 0 Å². The minimum Gasteiger partial charge on any atom is -0.486 e. The lowest BCUT2D eigenvalue weighted by molar-refractivity contribution is 0.296. The fourth-order valence-corrected chi connectivity index (χ4v) is 4.64. The average molecular weight is 470 g/mol. The van der Waals surface area contributed by atoms with Crippen molar-refractivity contribution in [3.8, 4) is 5.75 Å². The lowest BCUT2D eigenvalue weighted by atomic mass is 10.1. The fraction of sp³-hybridized carbons (Fsp3) is 0.321. The van der Waals surface area contributed by atoms with Gasteiger partial charge in [-0.2, -0.15) is 0 Å². The molecule has 0 spiro atoms. The van der Waals surface area contributed by atoms with Crippen molar-refractivity contribution in [2.75, 3.05) is 26.7 Å². The van der Waals surface area contributed by atoms with Crippen LogP contribution in [-0.4, -0.2) is 46.5 Å². The maximum atomic E-state index is 12.7. The number of hydrogen-bond acceptors (Lipinski definition) is 6. The van der Waals surface area contributed by atoms with Gasteiger partial charge in [0.15, 0.2) is 0 Å². The van der Waals surface area contributed by atoms with Gasteiger partial charge in [0.1, 0.15) is 23.7 Å². The smallest absolute Gasteiger partial charge is 0.258 e. The molecule has 1 atom stereocenters. The molecule has 180 valence electrons. The first-order valence-corrected chi connectivity index (χ1v) is 12.2. The van der Waals surface area contributed by atoms with Crippen LogP contribution in [0, 0.1) is 5.92 Å². The van der Waals surface area contributed by atoms with E-state index >= 15 is 0 Å². The number of hydrogen-bond donors (Lipinski definition) is 2. The minimum atomic E-state index is -0.173. The van der Waals surface area contributed by atoms with E-state index in [1.54, 1.807) is 12.3 Å². The summed E-state index contributed by atoms with van der Waals surface area (Å²) in [6, 6.07) is 20.1. The number of benzene rings is 2. The first-order chi connectivity index (χ1) is 17.1. The number of rotatable bonds is 9. The molecule has 0 saturated carbocycles. The summed E-state index contributed by atoms with van der Waals surface area (Å²) in [5, 5.41) is 4.05. The highest BCUT2D eigenvalue weighted by atomic mass is 16.5. The number of aromatic amines is 1. The number of nitrogens with one attached hydrogen (secondary N) is 2. The van der Waals surface area contributed by atoms with Crippen molar-refractivity contribution in [3.05, 3.63) is 99.9 Å². The van der Waals surface area contributed by atoms with E-state index in [0.717, 1.165) is 37.5 Å². The number of fused-ring (bicyclic) bond motifs is 1. The SMILES string of the molecule is CN1CCC(CNCc2nccc3c(=O)[nH]c(COc4ccc(Cc5ccccc5)cc4)nc23)C1. The van der Waals surface area contributed by atoms with Crippen LogP contribution >= 0.6 is 0 Å². The summed E-state index contributed by atoms with van der Waals surface area (Å²) in [6.07, 6.45) is 3.76. The zero-order chi connectivity index (χ0) is 24.0. The van der Waals surface area contributed by atoms with E-state index < -0.39 is 0 Å². The predicted molar refractivity (Wildman–Crippen MR) is 137 cm³/mol. The number of ether oxygens (including phenoxy) is 1. The molecule has 2 aromatic carbocycles. The molecule has 4 aromatic rings. The van der Waals surface area contributed by atoms with Crippen molar-refractivity contribution in [3.63, 3.8) is 0 Å². The molecule has 0 bridgehead atoms. The fourth-order valence-electron chi connectivity index (χ4n) is 4.64. The molecule has 3 heterocycles. The molecular weight excluding hydrogens is 438 g/mol. The predicted octanol–water partition coefficient (Wildman–Crippen LogP) is 3.53. The Labute approximate surface area is 205 Å². The third-order valence-electron chi connectivity index (χ3n) is 6.51. The van der Waals surface area contributed by atoms with Crippen LogP contribution in [0.4, 0.5) is 0 Å². The molecular formula is C28H31N5O2. The Hall–Kier alpha value is -3.55. The monoisotopic (exact) mass is 469 g/mol. The Morgan fingerprint density at radius 2 is 1.89 bits per heavy atom. The van der Waals surface area contributed by atoms with E-state index in [0.29, 0.717) is 29.2 Å². The highest BCUT2D eigenvalue weighted by molar-refractivity contribution is 5.79. The summed E-state index contributed by atoms with van der Waals surface area (Å²) in [4.78, 5) is 27.1. The van der Waals surface area contributed by atoms with Crippen LogP contribution in [-0.2, 0) is 19.6 Å². The Morgan fingerprint density at radius 3 is 2.66 bits per heavy atom. The summed E-state index contributed by atoms with van der Waals surface area (Å²) in [5.41, 5.74) is 3.73. The Bertz CT molecular complexity index is 1320.